The number of sulfonamides is 1. The Bertz CT molecular complexity index is 1140. The van der Waals surface area contributed by atoms with Crippen molar-refractivity contribution in [2.45, 2.75) is 36.3 Å². The van der Waals surface area contributed by atoms with Crippen molar-refractivity contribution in [1.82, 2.24) is 10.0 Å². The maximum Gasteiger partial charge on any atom is 0.241 e. The number of rotatable bonds is 8. The van der Waals surface area contributed by atoms with Crippen molar-refractivity contribution in [2.75, 3.05) is 13.2 Å². The number of hydrogen-bond donors (Lipinski definition) is 2. The average Bonchev–Trinajstić information content (AvgIpc) is 3.31. The molecule has 0 aliphatic carbocycles. The fourth-order valence-electron chi connectivity index (χ4n) is 3.77. The minimum atomic E-state index is -3.90. The second-order valence-electron chi connectivity index (χ2n) is 7.75. The summed E-state index contributed by atoms with van der Waals surface area (Å²) >= 11 is 0. The predicted molar refractivity (Wildman–Crippen MR) is 120 cm³/mol. The number of amides is 1. The van der Waals surface area contributed by atoms with Crippen LogP contribution in [0.25, 0.3) is 10.8 Å². The van der Waals surface area contributed by atoms with Crippen LogP contribution in [0.4, 0.5) is 0 Å². The number of carbonyl (C=O) groups is 1. The van der Waals surface area contributed by atoms with Gasteiger partial charge in [0.25, 0.3) is 0 Å². The zero-order valence-corrected chi connectivity index (χ0v) is 18.0. The summed E-state index contributed by atoms with van der Waals surface area (Å²) in [6, 6.07) is 21.0. The molecular formula is C24H26N2O4S. The summed E-state index contributed by atoms with van der Waals surface area (Å²) in [5, 5.41) is 4.64. The third-order valence-corrected chi connectivity index (χ3v) is 6.93. The molecule has 2 N–H and O–H groups in total. The van der Waals surface area contributed by atoms with E-state index in [0.717, 1.165) is 29.2 Å². The molecule has 0 aromatic heterocycles. The van der Waals surface area contributed by atoms with Crippen molar-refractivity contribution in [3.63, 3.8) is 0 Å². The van der Waals surface area contributed by atoms with Gasteiger partial charge in [-0.2, -0.15) is 4.72 Å². The summed E-state index contributed by atoms with van der Waals surface area (Å²) in [6.07, 6.45) is 2.11. The van der Waals surface area contributed by atoms with Crippen molar-refractivity contribution >= 4 is 26.7 Å². The van der Waals surface area contributed by atoms with Gasteiger partial charge in [-0.3, -0.25) is 4.79 Å². The van der Waals surface area contributed by atoms with Gasteiger partial charge in [0.15, 0.2) is 0 Å². The first-order chi connectivity index (χ1) is 15.0. The van der Waals surface area contributed by atoms with Gasteiger partial charge in [0.05, 0.1) is 11.0 Å². The third-order valence-electron chi connectivity index (χ3n) is 5.46. The lowest BCUT2D eigenvalue weighted by molar-refractivity contribution is -0.123. The minimum absolute atomic E-state index is 0.0154. The molecule has 0 spiro atoms. The molecule has 3 aromatic rings. The van der Waals surface area contributed by atoms with Crippen molar-refractivity contribution in [1.29, 1.82) is 0 Å². The van der Waals surface area contributed by atoms with Crippen LogP contribution in [0.2, 0.25) is 0 Å². The Labute approximate surface area is 182 Å². The van der Waals surface area contributed by atoms with Gasteiger partial charge < -0.3 is 10.1 Å². The van der Waals surface area contributed by atoms with E-state index in [2.05, 4.69) is 10.0 Å². The molecule has 1 saturated heterocycles. The molecule has 31 heavy (non-hydrogen) atoms. The van der Waals surface area contributed by atoms with Gasteiger partial charge in [0, 0.05) is 13.2 Å². The van der Waals surface area contributed by atoms with Crippen molar-refractivity contribution in [2.24, 2.45) is 0 Å². The summed E-state index contributed by atoms with van der Waals surface area (Å²) in [6.45, 7) is 1.07. The van der Waals surface area contributed by atoms with Crippen LogP contribution in [0.5, 0.6) is 0 Å². The Balaban J connectivity index is 1.54. The molecule has 3 aromatic carbocycles. The molecule has 0 bridgehead atoms. The fraction of sp³-hybridized carbons (Fsp3) is 0.292. The fourth-order valence-corrected chi connectivity index (χ4v) is 5.00. The van der Waals surface area contributed by atoms with Crippen LogP contribution in [0.15, 0.2) is 77.7 Å². The molecule has 7 heteroatoms. The molecule has 6 nitrogen and oxygen atoms in total. The lowest BCUT2D eigenvalue weighted by Crippen LogP contribution is -2.49. The van der Waals surface area contributed by atoms with Crippen LogP contribution in [0, 0.1) is 0 Å². The summed E-state index contributed by atoms with van der Waals surface area (Å²) in [4.78, 5) is 13.1. The van der Waals surface area contributed by atoms with E-state index in [1.807, 2.05) is 54.6 Å². The summed E-state index contributed by atoms with van der Waals surface area (Å²) < 4.78 is 34.4. The quantitative estimate of drug-likeness (QED) is 0.566. The number of fused-ring (bicyclic) bond motifs is 1. The van der Waals surface area contributed by atoms with Gasteiger partial charge in [-0.05, 0) is 47.7 Å². The molecule has 1 amide bonds. The molecule has 1 fully saturated rings. The highest BCUT2D eigenvalue weighted by molar-refractivity contribution is 7.89. The van der Waals surface area contributed by atoms with E-state index in [-0.39, 0.29) is 23.3 Å². The molecule has 2 atom stereocenters. The van der Waals surface area contributed by atoms with Gasteiger partial charge in [0.2, 0.25) is 15.9 Å². The van der Waals surface area contributed by atoms with Crippen LogP contribution < -0.4 is 10.0 Å². The van der Waals surface area contributed by atoms with Crippen LogP contribution in [-0.2, 0) is 26.0 Å². The van der Waals surface area contributed by atoms with E-state index in [1.54, 1.807) is 18.2 Å². The van der Waals surface area contributed by atoms with Crippen LogP contribution in [0.1, 0.15) is 18.4 Å². The average molecular weight is 439 g/mol. The van der Waals surface area contributed by atoms with Gasteiger partial charge in [-0.1, -0.05) is 60.7 Å². The Morgan fingerprint density at radius 2 is 1.74 bits per heavy atom. The van der Waals surface area contributed by atoms with Crippen molar-refractivity contribution in [3.05, 3.63) is 78.4 Å². The standard InChI is InChI=1S/C24H26N2O4S/c27-24(25-17-21-11-6-14-30-21)23(15-18-7-2-1-3-8-18)26-31(28,29)22-13-12-19-9-4-5-10-20(19)16-22/h1-5,7-10,12-13,16,21,23,26H,6,11,14-15,17H2,(H,25,27). The second kappa shape index (κ2) is 9.60. The van der Waals surface area contributed by atoms with Crippen molar-refractivity contribution < 1.29 is 17.9 Å². The zero-order valence-electron chi connectivity index (χ0n) is 17.2. The first kappa shape index (κ1) is 21.5. The van der Waals surface area contributed by atoms with Gasteiger partial charge >= 0.3 is 0 Å². The molecule has 0 saturated carbocycles. The SMILES string of the molecule is O=C(NCC1CCCO1)C(Cc1ccccc1)NS(=O)(=O)c1ccc2ccccc2c1. The first-order valence-electron chi connectivity index (χ1n) is 10.5. The van der Waals surface area contributed by atoms with Gasteiger partial charge in [-0.15, -0.1) is 0 Å². The molecule has 4 rings (SSSR count). The second-order valence-corrected chi connectivity index (χ2v) is 9.47. The number of ether oxygens (including phenoxy) is 1. The predicted octanol–water partition coefficient (Wildman–Crippen LogP) is 3.02. The first-order valence-corrected chi connectivity index (χ1v) is 11.9. The lowest BCUT2D eigenvalue weighted by Gasteiger charge is -2.20. The van der Waals surface area contributed by atoms with E-state index in [4.69, 9.17) is 4.74 Å². The number of carbonyl (C=O) groups excluding carboxylic acids is 1. The maximum atomic E-state index is 13.1. The van der Waals surface area contributed by atoms with Crippen LogP contribution >= 0.6 is 0 Å². The van der Waals surface area contributed by atoms with Crippen LogP contribution in [0.3, 0.4) is 0 Å². The normalized spacial score (nSPS) is 17.5. The topological polar surface area (TPSA) is 84.5 Å². The number of nitrogens with one attached hydrogen (secondary N) is 2. The van der Waals surface area contributed by atoms with E-state index < -0.39 is 16.1 Å². The Hall–Kier alpha value is -2.74. The molecule has 1 heterocycles. The zero-order chi connectivity index (χ0) is 21.7. The number of benzene rings is 3. The Kier molecular flexibility index (Phi) is 6.65. The number of hydrogen-bond acceptors (Lipinski definition) is 4. The largest absolute Gasteiger partial charge is 0.376 e. The minimum Gasteiger partial charge on any atom is -0.376 e. The lowest BCUT2D eigenvalue weighted by atomic mass is 10.1. The summed E-state index contributed by atoms with van der Waals surface area (Å²) in [7, 11) is -3.90. The highest BCUT2D eigenvalue weighted by Crippen LogP contribution is 2.19. The Morgan fingerprint density at radius 3 is 2.48 bits per heavy atom. The van der Waals surface area contributed by atoms with Gasteiger partial charge in [-0.25, -0.2) is 8.42 Å². The van der Waals surface area contributed by atoms with Gasteiger partial charge in [0.1, 0.15) is 6.04 Å². The van der Waals surface area contributed by atoms with E-state index in [1.165, 1.54) is 0 Å². The Morgan fingerprint density at radius 1 is 1.00 bits per heavy atom. The molecule has 0 radical (unpaired) electrons. The third kappa shape index (κ3) is 5.50. The molecule has 162 valence electrons. The van der Waals surface area contributed by atoms with Crippen molar-refractivity contribution in [3.8, 4) is 0 Å². The monoisotopic (exact) mass is 438 g/mol. The van der Waals surface area contributed by atoms with E-state index >= 15 is 0 Å². The summed E-state index contributed by atoms with van der Waals surface area (Å²) in [5.41, 5.74) is 0.876. The smallest absolute Gasteiger partial charge is 0.241 e. The van der Waals surface area contributed by atoms with E-state index in [9.17, 15) is 13.2 Å². The molecule has 1 aliphatic heterocycles. The molecular weight excluding hydrogens is 412 g/mol. The van der Waals surface area contributed by atoms with E-state index in [0.29, 0.717) is 13.2 Å². The summed E-state index contributed by atoms with van der Waals surface area (Å²) in [5.74, 6) is -0.358. The molecule has 2 unspecified atom stereocenters. The van der Waals surface area contributed by atoms with Crippen LogP contribution in [-0.4, -0.2) is 39.6 Å². The highest BCUT2D eigenvalue weighted by atomic mass is 32.2. The highest BCUT2D eigenvalue weighted by Gasteiger charge is 2.27. The molecule has 1 aliphatic rings. The maximum absolute atomic E-state index is 13.1.